The van der Waals surface area contributed by atoms with Crippen LogP contribution in [-0.2, 0) is 4.79 Å². The first-order valence-corrected chi connectivity index (χ1v) is 5.77. The van der Waals surface area contributed by atoms with Gasteiger partial charge in [-0.2, -0.15) is 0 Å². The predicted molar refractivity (Wildman–Crippen MR) is 62.4 cm³/mol. The minimum atomic E-state index is -0.827. The number of hydrogen-bond donors (Lipinski definition) is 1. The quantitative estimate of drug-likeness (QED) is 0.778. The van der Waals surface area contributed by atoms with E-state index in [0.29, 0.717) is 6.42 Å². The molecule has 0 radical (unpaired) electrons. The maximum absolute atomic E-state index is 11.1. The lowest BCUT2D eigenvalue weighted by molar-refractivity contribution is -0.148. The average Bonchev–Trinajstić information content (AvgIpc) is 2.27. The first kappa shape index (κ1) is 13.1. The molecule has 1 fully saturated rings. The maximum atomic E-state index is 11.1. The minimum Gasteiger partial charge on any atom is -0.481 e. The molecule has 0 aromatic carbocycles. The molecule has 0 amide bonds. The van der Waals surface area contributed by atoms with Gasteiger partial charge in [-0.1, -0.05) is 20.8 Å². The highest BCUT2D eigenvalue weighted by atomic mass is 35.5. The molecule has 1 atom stereocenters. The van der Waals surface area contributed by atoms with Gasteiger partial charge in [0.15, 0.2) is 0 Å². The molecule has 1 saturated carbocycles. The van der Waals surface area contributed by atoms with Crippen LogP contribution in [0.25, 0.3) is 0 Å². The summed E-state index contributed by atoms with van der Waals surface area (Å²) in [5.74, 6) is -0.810. The summed E-state index contributed by atoms with van der Waals surface area (Å²) in [6.45, 7) is 9.32. The molecule has 1 unspecified atom stereocenters. The Morgan fingerprint density at radius 2 is 1.60 bits per heavy atom. The molecule has 0 saturated heterocycles. The number of carboxylic acids is 1. The van der Waals surface area contributed by atoms with Gasteiger partial charge in [0.2, 0.25) is 0 Å². The lowest BCUT2D eigenvalue weighted by Crippen LogP contribution is -2.28. The monoisotopic (exact) mass is 252 g/mol. The van der Waals surface area contributed by atoms with Crippen LogP contribution >= 0.6 is 23.2 Å². The summed E-state index contributed by atoms with van der Waals surface area (Å²) < 4.78 is -0.827. The molecular weight excluding hydrogens is 235 g/mol. The number of hydrogen-bond acceptors (Lipinski definition) is 1. The molecular formula is C11H18Cl2O2. The number of rotatable bonds is 3. The van der Waals surface area contributed by atoms with E-state index in [9.17, 15) is 4.79 Å². The summed E-state index contributed by atoms with van der Waals surface area (Å²) in [5.41, 5.74) is -1.38. The lowest BCUT2D eigenvalue weighted by atomic mass is 9.78. The van der Waals surface area contributed by atoms with E-state index in [0.717, 1.165) is 0 Å². The molecule has 1 rings (SSSR count). The molecule has 0 aliphatic heterocycles. The van der Waals surface area contributed by atoms with Crippen LogP contribution in [0.4, 0.5) is 0 Å². The maximum Gasteiger partial charge on any atom is 0.309 e. The van der Waals surface area contributed by atoms with Crippen molar-refractivity contribution in [3.05, 3.63) is 0 Å². The Morgan fingerprint density at radius 1 is 1.27 bits per heavy atom. The van der Waals surface area contributed by atoms with E-state index in [1.54, 1.807) is 13.8 Å². The normalized spacial score (nSPS) is 32.5. The second kappa shape index (κ2) is 3.04. The van der Waals surface area contributed by atoms with Crippen LogP contribution in [0, 0.1) is 16.2 Å². The zero-order valence-electron chi connectivity index (χ0n) is 9.82. The molecule has 4 heteroatoms. The van der Waals surface area contributed by atoms with Gasteiger partial charge in [-0.25, -0.2) is 0 Å². The van der Waals surface area contributed by atoms with Crippen LogP contribution in [0.1, 0.15) is 41.0 Å². The highest BCUT2D eigenvalue weighted by molar-refractivity contribution is 6.52. The summed E-state index contributed by atoms with van der Waals surface area (Å²) >= 11 is 12.4. The van der Waals surface area contributed by atoms with Crippen molar-refractivity contribution in [3.63, 3.8) is 0 Å². The van der Waals surface area contributed by atoms with Gasteiger partial charge in [0.1, 0.15) is 4.33 Å². The van der Waals surface area contributed by atoms with E-state index in [-0.39, 0.29) is 10.8 Å². The molecule has 2 nitrogen and oxygen atoms in total. The molecule has 1 aliphatic carbocycles. The van der Waals surface area contributed by atoms with Crippen molar-refractivity contribution >= 4 is 29.2 Å². The third-order valence-corrected chi connectivity index (χ3v) is 5.95. The van der Waals surface area contributed by atoms with E-state index >= 15 is 0 Å². The summed E-state index contributed by atoms with van der Waals surface area (Å²) in [5, 5.41) is 9.09. The average molecular weight is 253 g/mol. The lowest BCUT2D eigenvalue weighted by Gasteiger charge is -2.25. The van der Waals surface area contributed by atoms with Crippen molar-refractivity contribution in [2.75, 3.05) is 0 Å². The largest absolute Gasteiger partial charge is 0.481 e. The van der Waals surface area contributed by atoms with Crippen molar-refractivity contribution in [2.24, 2.45) is 16.2 Å². The van der Waals surface area contributed by atoms with Crippen molar-refractivity contribution in [3.8, 4) is 0 Å². The topological polar surface area (TPSA) is 37.3 Å². The molecule has 1 aliphatic rings. The summed E-state index contributed by atoms with van der Waals surface area (Å²) in [7, 11) is 0. The number of alkyl halides is 2. The van der Waals surface area contributed by atoms with Crippen LogP contribution < -0.4 is 0 Å². The predicted octanol–water partition coefficient (Wildman–Crippen LogP) is 3.71. The summed E-state index contributed by atoms with van der Waals surface area (Å²) in [6.07, 6.45) is 0.481. The standard InChI is InChI=1S/C11H18Cl2O2/c1-8(2,7(14)15)6-10(5)9(3,4)11(10,12)13/h6H2,1-5H3,(H,14,15). The zero-order valence-corrected chi connectivity index (χ0v) is 11.3. The van der Waals surface area contributed by atoms with Crippen molar-refractivity contribution in [2.45, 2.75) is 45.4 Å². The van der Waals surface area contributed by atoms with E-state index in [4.69, 9.17) is 28.3 Å². The number of aliphatic carboxylic acids is 1. The third-order valence-electron chi connectivity index (χ3n) is 4.17. The first-order valence-electron chi connectivity index (χ1n) is 5.01. The first-order chi connectivity index (χ1) is 6.40. The molecule has 0 bridgehead atoms. The van der Waals surface area contributed by atoms with Gasteiger partial charge < -0.3 is 5.11 Å². The van der Waals surface area contributed by atoms with E-state index in [2.05, 4.69) is 0 Å². The Bertz CT molecular complexity index is 292. The molecule has 1 N–H and O–H groups in total. The molecule has 0 heterocycles. The van der Waals surface area contributed by atoms with E-state index < -0.39 is 15.7 Å². The SMILES string of the molecule is CC(C)(CC1(C)C(C)(C)C1(Cl)Cl)C(=O)O. The van der Waals surface area contributed by atoms with Crippen molar-refractivity contribution < 1.29 is 9.90 Å². The van der Waals surface area contributed by atoms with Crippen LogP contribution in [-0.4, -0.2) is 15.4 Å². The Morgan fingerprint density at radius 3 is 1.80 bits per heavy atom. The number of carbonyl (C=O) groups is 1. The zero-order chi connectivity index (χ0) is 12.3. The van der Waals surface area contributed by atoms with Gasteiger partial charge in [0.25, 0.3) is 0 Å². The summed E-state index contributed by atoms with van der Waals surface area (Å²) in [6, 6.07) is 0. The van der Waals surface area contributed by atoms with Crippen LogP contribution in [0.2, 0.25) is 0 Å². The highest BCUT2D eigenvalue weighted by Gasteiger charge is 2.79. The van der Waals surface area contributed by atoms with Gasteiger partial charge in [0.05, 0.1) is 5.41 Å². The van der Waals surface area contributed by atoms with Gasteiger partial charge >= 0.3 is 5.97 Å². The van der Waals surface area contributed by atoms with Gasteiger partial charge in [-0.05, 0) is 20.3 Å². The Labute approximate surface area is 101 Å². The molecule has 88 valence electrons. The Balaban J connectivity index is 2.91. The summed E-state index contributed by atoms with van der Waals surface area (Å²) in [4.78, 5) is 11.1. The smallest absolute Gasteiger partial charge is 0.309 e. The highest BCUT2D eigenvalue weighted by Crippen LogP contribution is 2.80. The minimum absolute atomic E-state index is 0.240. The van der Waals surface area contributed by atoms with E-state index in [1.165, 1.54) is 0 Å². The molecule has 15 heavy (non-hydrogen) atoms. The van der Waals surface area contributed by atoms with Crippen LogP contribution in [0.15, 0.2) is 0 Å². The fraction of sp³-hybridized carbons (Fsp3) is 0.909. The second-order valence-corrected chi connectivity index (χ2v) is 7.22. The Kier molecular flexibility index (Phi) is 2.66. The molecule has 0 aromatic heterocycles. The van der Waals surface area contributed by atoms with Crippen molar-refractivity contribution in [1.82, 2.24) is 0 Å². The molecule has 0 aromatic rings. The Hall–Kier alpha value is 0.0500. The second-order valence-electron chi connectivity index (χ2n) is 5.90. The van der Waals surface area contributed by atoms with Gasteiger partial charge in [0, 0.05) is 10.8 Å². The van der Waals surface area contributed by atoms with Crippen LogP contribution in [0.5, 0.6) is 0 Å². The van der Waals surface area contributed by atoms with Gasteiger partial charge in [-0.15, -0.1) is 23.2 Å². The number of halogens is 2. The van der Waals surface area contributed by atoms with Crippen molar-refractivity contribution in [1.29, 1.82) is 0 Å². The molecule has 0 spiro atoms. The fourth-order valence-electron chi connectivity index (χ4n) is 2.35. The third kappa shape index (κ3) is 1.49. The van der Waals surface area contributed by atoms with Crippen LogP contribution in [0.3, 0.4) is 0 Å². The van der Waals surface area contributed by atoms with Gasteiger partial charge in [-0.3, -0.25) is 4.79 Å². The van der Waals surface area contributed by atoms with E-state index in [1.807, 2.05) is 20.8 Å². The number of carboxylic acid groups (broad SMARTS) is 1. The fourth-order valence-corrected chi connectivity index (χ4v) is 3.28.